The Kier molecular flexibility index (Phi) is 2.90. The van der Waals surface area contributed by atoms with Crippen molar-refractivity contribution < 1.29 is 13.5 Å². The fraction of sp³-hybridized carbons (Fsp3) is 0.818. The number of aromatic nitrogens is 3. The largest absolute Gasteiger partial charge is 0.396 e. The van der Waals surface area contributed by atoms with Crippen molar-refractivity contribution >= 4 is 9.84 Å². The van der Waals surface area contributed by atoms with Gasteiger partial charge in [0.05, 0.1) is 12.4 Å². The van der Waals surface area contributed by atoms with Crippen molar-refractivity contribution in [2.45, 2.75) is 43.4 Å². The summed E-state index contributed by atoms with van der Waals surface area (Å²) in [6.45, 7) is 0.821. The molecule has 0 saturated carbocycles. The van der Waals surface area contributed by atoms with Gasteiger partial charge in [0.15, 0.2) is 15.7 Å². The summed E-state index contributed by atoms with van der Waals surface area (Å²) in [5.74, 6) is 1.43. The van der Waals surface area contributed by atoms with Crippen molar-refractivity contribution in [2.75, 3.05) is 12.4 Å². The summed E-state index contributed by atoms with van der Waals surface area (Å²) in [6.07, 6.45) is 3.17. The molecular formula is C11H17N3O3S. The lowest BCUT2D eigenvalue weighted by Gasteiger charge is -2.19. The summed E-state index contributed by atoms with van der Waals surface area (Å²) in [5, 5.41) is 13.1. The normalized spacial score (nSPS) is 30.3. The number of nitrogens with zero attached hydrogens (tertiary/aromatic N) is 3. The first-order chi connectivity index (χ1) is 8.62. The molecule has 18 heavy (non-hydrogen) atoms. The predicted octanol–water partition coefficient (Wildman–Crippen LogP) is 0.398. The summed E-state index contributed by atoms with van der Waals surface area (Å²) in [6, 6.07) is 0. The highest BCUT2D eigenvalue weighted by atomic mass is 32.2. The van der Waals surface area contributed by atoms with Crippen molar-refractivity contribution in [1.82, 2.24) is 14.8 Å². The summed E-state index contributed by atoms with van der Waals surface area (Å²) in [4.78, 5) is 4.39. The van der Waals surface area contributed by atoms with E-state index in [2.05, 4.69) is 10.1 Å². The van der Waals surface area contributed by atoms with Crippen LogP contribution < -0.4 is 0 Å². The molecule has 1 aromatic rings. The molecule has 1 aromatic heterocycles. The average Bonchev–Trinajstić information content (AvgIpc) is 2.90. The van der Waals surface area contributed by atoms with Crippen LogP contribution in [0.25, 0.3) is 0 Å². The summed E-state index contributed by atoms with van der Waals surface area (Å²) < 4.78 is 25.5. The molecule has 0 aromatic carbocycles. The van der Waals surface area contributed by atoms with Gasteiger partial charge >= 0.3 is 0 Å². The molecule has 0 radical (unpaired) electrons. The molecule has 0 bridgehead atoms. The SMILES string of the molecule is O=S1(=O)CCCC1c1nc2n(n1)CCCC2CO. The highest BCUT2D eigenvalue weighted by molar-refractivity contribution is 7.91. The number of aryl methyl sites for hydroxylation is 1. The molecule has 7 heteroatoms. The number of rotatable bonds is 2. The van der Waals surface area contributed by atoms with Crippen LogP contribution in [0.15, 0.2) is 0 Å². The smallest absolute Gasteiger partial charge is 0.169 e. The molecule has 1 saturated heterocycles. The van der Waals surface area contributed by atoms with Crippen LogP contribution in [0, 0.1) is 0 Å². The lowest BCUT2D eigenvalue weighted by molar-refractivity contribution is 0.234. The highest BCUT2D eigenvalue weighted by Gasteiger charge is 2.37. The maximum absolute atomic E-state index is 11.9. The first-order valence-corrected chi connectivity index (χ1v) is 8.10. The van der Waals surface area contributed by atoms with Gasteiger partial charge in [-0.05, 0) is 25.7 Å². The molecule has 6 nitrogen and oxygen atoms in total. The van der Waals surface area contributed by atoms with Gasteiger partial charge < -0.3 is 5.11 Å². The minimum atomic E-state index is -3.06. The van der Waals surface area contributed by atoms with Crippen LogP contribution in [0.1, 0.15) is 48.5 Å². The molecular weight excluding hydrogens is 254 g/mol. The molecule has 3 rings (SSSR count). The van der Waals surface area contributed by atoms with Crippen LogP contribution in [0.3, 0.4) is 0 Å². The molecule has 2 aliphatic heterocycles. The van der Waals surface area contributed by atoms with Crippen molar-refractivity contribution in [2.24, 2.45) is 0 Å². The third kappa shape index (κ3) is 1.85. The topological polar surface area (TPSA) is 85.1 Å². The fourth-order valence-corrected chi connectivity index (χ4v) is 4.65. The van der Waals surface area contributed by atoms with Gasteiger partial charge in [0.1, 0.15) is 11.1 Å². The fourth-order valence-electron chi connectivity index (χ4n) is 2.85. The lowest BCUT2D eigenvalue weighted by Crippen LogP contribution is -2.19. The zero-order chi connectivity index (χ0) is 12.8. The Morgan fingerprint density at radius 2 is 2.17 bits per heavy atom. The molecule has 2 aliphatic rings. The van der Waals surface area contributed by atoms with Gasteiger partial charge in [0.25, 0.3) is 0 Å². The number of hydrogen-bond donors (Lipinski definition) is 1. The van der Waals surface area contributed by atoms with E-state index in [1.54, 1.807) is 4.68 Å². The lowest BCUT2D eigenvalue weighted by atomic mass is 10.0. The van der Waals surface area contributed by atoms with Crippen molar-refractivity contribution in [3.05, 3.63) is 11.6 Å². The van der Waals surface area contributed by atoms with Crippen LogP contribution in [0.4, 0.5) is 0 Å². The van der Waals surface area contributed by atoms with E-state index >= 15 is 0 Å². The van der Waals surface area contributed by atoms with Crippen LogP contribution >= 0.6 is 0 Å². The van der Waals surface area contributed by atoms with Crippen LogP contribution in [0.5, 0.6) is 0 Å². The molecule has 0 aliphatic carbocycles. The summed E-state index contributed by atoms with van der Waals surface area (Å²) in [5.41, 5.74) is 0. The number of fused-ring (bicyclic) bond motifs is 1. The van der Waals surface area contributed by atoms with Crippen LogP contribution in [-0.4, -0.2) is 40.6 Å². The number of aliphatic hydroxyl groups is 1. The third-order valence-corrected chi connectivity index (χ3v) is 6.01. The molecule has 1 N–H and O–H groups in total. The zero-order valence-electron chi connectivity index (χ0n) is 10.1. The van der Waals surface area contributed by atoms with Gasteiger partial charge in [-0.25, -0.2) is 18.1 Å². The van der Waals surface area contributed by atoms with E-state index in [0.29, 0.717) is 18.7 Å². The Labute approximate surface area is 106 Å². The summed E-state index contributed by atoms with van der Waals surface area (Å²) in [7, 11) is -3.06. The quantitative estimate of drug-likeness (QED) is 0.841. The first-order valence-electron chi connectivity index (χ1n) is 6.39. The van der Waals surface area contributed by atoms with Crippen LogP contribution in [-0.2, 0) is 16.4 Å². The second-order valence-electron chi connectivity index (χ2n) is 5.07. The van der Waals surface area contributed by atoms with Gasteiger partial charge in [0.2, 0.25) is 0 Å². The van der Waals surface area contributed by atoms with Gasteiger partial charge in [-0.2, -0.15) is 5.10 Å². The minimum absolute atomic E-state index is 0.00380. The standard InChI is InChI=1S/C11H17N3O3S/c15-7-8-3-1-5-14-11(8)12-10(13-14)9-4-2-6-18(9,16)17/h8-9,15H,1-7H2. The average molecular weight is 271 g/mol. The van der Waals surface area contributed by atoms with E-state index in [1.807, 2.05) is 0 Å². The Balaban J connectivity index is 1.98. The zero-order valence-corrected chi connectivity index (χ0v) is 10.9. The molecule has 3 heterocycles. The molecule has 1 fully saturated rings. The monoisotopic (exact) mass is 271 g/mol. The first kappa shape index (κ1) is 12.1. The van der Waals surface area contributed by atoms with Gasteiger partial charge in [-0.1, -0.05) is 0 Å². The van der Waals surface area contributed by atoms with Crippen molar-refractivity contribution in [3.8, 4) is 0 Å². The number of sulfone groups is 1. The van der Waals surface area contributed by atoms with Crippen molar-refractivity contribution in [3.63, 3.8) is 0 Å². The van der Waals surface area contributed by atoms with E-state index in [0.717, 1.165) is 25.2 Å². The van der Waals surface area contributed by atoms with Gasteiger partial charge in [0, 0.05) is 12.5 Å². The number of aliphatic hydroxyl groups excluding tert-OH is 1. The third-order valence-electron chi connectivity index (χ3n) is 3.84. The Morgan fingerprint density at radius 3 is 2.83 bits per heavy atom. The minimum Gasteiger partial charge on any atom is -0.396 e. The summed E-state index contributed by atoms with van der Waals surface area (Å²) >= 11 is 0. The van der Waals surface area contributed by atoms with Crippen LogP contribution in [0.2, 0.25) is 0 Å². The van der Waals surface area contributed by atoms with Crippen molar-refractivity contribution in [1.29, 1.82) is 0 Å². The molecule has 2 unspecified atom stereocenters. The Bertz CT molecular complexity index is 552. The molecule has 0 amide bonds. The molecule has 100 valence electrons. The maximum atomic E-state index is 11.9. The predicted molar refractivity (Wildman–Crippen MR) is 64.8 cm³/mol. The highest BCUT2D eigenvalue weighted by Crippen LogP contribution is 2.34. The van der Waals surface area contributed by atoms with Gasteiger partial charge in [-0.3, -0.25) is 0 Å². The second-order valence-corrected chi connectivity index (χ2v) is 7.37. The number of hydrogen-bond acceptors (Lipinski definition) is 5. The van der Waals surface area contributed by atoms with E-state index in [4.69, 9.17) is 0 Å². The second kappa shape index (κ2) is 4.31. The molecule has 2 atom stereocenters. The molecule has 0 spiro atoms. The Hall–Kier alpha value is -0.950. The van der Waals surface area contributed by atoms with Gasteiger partial charge in [-0.15, -0.1) is 0 Å². The van der Waals surface area contributed by atoms with E-state index < -0.39 is 15.1 Å². The van der Waals surface area contributed by atoms with E-state index in [9.17, 15) is 13.5 Å². The van der Waals surface area contributed by atoms with E-state index in [-0.39, 0.29) is 18.3 Å². The Morgan fingerprint density at radius 1 is 1.33 bits per heavy atom. The maximum Gasteiger partial charge on any atom is 0.169 e. The van der Waals surface area contributed by atoms with E-state index in [1.165, 1.54) is 0 Å².